The Balaban J connectivity index is 2.59. The second-order valence-corrected chi connectivity index (χ2v) is 3.69. The zero-order valence-electron chi connectivity index (χ0n) is 8.90. The molecule has 0 aliphatic carbocycles. The highest BCUT2D eigenvalue weighted by Crippen LogP contribution is 2.08. The minimum Gasteiger partial charge on any atom is -0.462 e. The van der Waals surface area contributed by atoms with Crippen LogP contribution in [0.5, 0.6) is 0 Å². The zero-order chi connectivity index (χ0) is 11.1. The van der Waals surface area contributed by atoms with Gasteiger partial charge in [-0.3, -0.25) is 0 Å². The fourth-order valence-electron chi connectivity index (χ4n) is 1.31. The lowest BCUT2D eigenvalue weighted by molar-refractivity contribution is 0.0526. The van der Waals surface area contributed by atoms with Crippen molar-refractivity contribution in [1.29, 1.82) is 0 Å². The zero-order valence-corrected chi connectivity index (χ0v) is 9.80. The molecule has 0 heterocycles. The third kappa shape index (κ3) is 3.96. The molecule has 2 nitrogen and oxygen atoms in total. The highest BCUT2D eigenvalue weighted by atomic mass is 32.1. The molecule has 1 aromatic carbocycles. The molecule has 0 saturated heterocycles. The molecule has 0 saturated carbocycles. The van der Waals surface area contributed by atoms with Crippen molar-refractivity contribution in [1.82, 2.24) is 0 Å². The second-order valence-electron chi connectivity index (χ2n) is 3.24. The predicted molar refractivity (Wildman–Crippen MR) is 64.6 cm³/mol. The summed E-state index contributed by atoms with van der Waals surface area (Å²) in [5.74, 6) is 0.637. The maximum Gasteiger partial charge on any atom is 0.338 e. The molecule has 15 heavy (non-hydrogen) atoms. The fraction of sp³-hybridized carbons (Fsp3) is 0.417. The van der Waals surface area contributed by atoms with E-state index in [2.05, 4.69) is 12.6 Å². The van der Waals surface area contributed by atoms with E-state index in [1.54, 1.807) is 6.92 Å². The van der Waals surface area contributed by atoms with Crippen LogP contribution in [0.25, 0.3) is 0 Å². The molecule has 82 valence electrons. The SMILES string of the molecule is CCOC(=O)c1ccc(CCCS)cc1. The van der Waals surface area contributed by atoms with E-state index in [1.165, 1.54) is 5.56 Å². The first-order chi connectivity index (χ1) is 7.27. The molecule has 0 spiro atoms. The first kappa shape index (κ1) is 12.1. The van der Waals surface area contributed by atoms with Gasteiger partial charge >= 0.3 is 5.97 Å². The van der Waals surface area contributed by atoms with Gasteiger partial charge in [0.2, 0.25) is 0 Å². The maximum atomic E-state index is 11.3. The van der Waals surface area contributed by atoms with Gasteiger partial charge in [-0.15, -0.1) is 0 Å². The largest absolute Gasteiger partial charge is 0.462 e. The van der Waals surface area contributed by atoms with Crippen LogP contribution in [0.2, 0.25) is 0 Å². The quantitative estimate of drug-likeness (QED) is 0.615. The molecule has 1 rings (SSSR count). The molecule has 0 fully saturated rings. The van der Waals surface area contributed by atoms with Gasteiger partial charge in [-0.05, 0) is 43.2 Å². The van der Waals surface area contributed by atoms with Gasteiger partial charge in [0.1, 0.15) is 0 Å². The van der Waals surface area contributed by atoms with Crippen molar-refractivity contribution >= 4 is 18.6 Å². The van der Waals surface area contributed by atoms with Crippen LogP contribution in [0.15, 0.2) is 24.3 Å². The summed E-state index contributed by atoms with van der Waals surface area (Å²) < 4.78 is 4.90. The molecular weight excluding hydrogens is 208 g/mol. The number of rotatable bonds is 5. The Kier molecular flexibility index (Phi) is 5.26. The van der Waals surface area contributed by atoms with Crippen LogP contribution in [-0.2, 0) is 11.2 Å². The fourth-order valence-corrected chi connectivity index (χ4v) is 1.46. The van der Waals surface area contributed by atoms with Gasteiger partial charge in [0.25, 0.3) is 0 Å². The van der Waals surface area contributed by atoms with Crippen LogP contribution in [0, 0.1) is 0 Å². The van der Waals surface area contributed by atoms with Crippen molar-refractivity contribution in [2.45, 2.75) is 19.8 Å². The first-order valence-electron chi connectivity index (χ1n) is 5.15. The number of aryl methyl sites for hydroxylation is 1. The number of hydrogen-bond donors (Lipinski definition) is 1. The van der Waals surface area contributed by atoms with Crippen LogP contribution < -0.4 is 0 Å². The standard InChI is InChI=1S/C12H16O2S/c1-2-14-12(13)11-7-5-10(6-8-11)4-3-9-15/h5-8,15H,2-4,9H2,1H3. The van der Waals surface area contributed by atoms with Crippen molar-refractivity contribution in [3.05, 3.63) is 35.4 Å². The molecule has 0 bridgehead atoms. The van der Waals surface area contributed by atoms with E-state index in [-0.39, 0.29) is 5.97 Å². The van der Waals surface area contributed by atoms with Crippen LogP contribution in [0.3, 0.4) is 0 Å². The van der Waals surface area contributed by atoms with E-state index in [0.29, 0.717) is 12.2 Å². The molecule has 0 amide bonds. The van der Waals surface area contributed by atoms with E-state index in [9.17, 15) is 4.79 Å². The van der Waals surface area contributed by atoms with Gasteiger partial charge < -0.3 is 4.74 Å². The van der Waals surface area contributed by atoms with Gasteiger partial charge in [-0.2, -0.15) is 12.6 Å². The average Bonchev–Trinajstić information content (AvgIpc) is 2.27. The molecule has 0 aromatic heterocycles. The molecule has 0 N–H and O–H groups in total. The predicted octanol–water partition coefficient (Wildman–Crippen LogP) is 2.73. The molecule has 3 heteroatoms. The van der Waals surface area contributed by atoms with E-state index in [1.807, 2.05) is 24.3 Å². The van der Waals surface area contributed by atoms with Crippen molar-refractivity contribution in [2.24, 2.45) is 0 Å². The number of carbonyl (C=O) groups is 1. The number of thiol groups is 1. The van der Waals surface area contributed by atoms with Crippen molar-refractivity contribution < 1.29 is 9.53 Å². The summed E-state index contributed by atoms with van der Waals surface area (Å²) in [5.41, 5.74) is 1.85. The van der Waals surface area contributed by atoms with E-state index >= 15 is 0 Å². The lowest BCUT2D eigenvalue weighted by Gasteiger charge is -2.03. The Morgan fingerprint density at radius 3 is 2.53 bits per heavy atom. The van der Waals surface area contributed by atoms with E-state index in [4.69, 9.17) is 4.74 Å². The lowest BCUT2D eigenvalue weighted by Crippen LogP contribution is -2.04. The van der Waals surface area contributed by atoms with Gasteiger partial charge in [0.15, 0.2) is 0 Å². The number of benzene rings is 1. The minimum atomic E-state index is -0.252. The van der Waals surface area contributed by atoms with Crippen LogP contribution in [0.4, 0.5) is 0 Å². The monoisotopic (exact) mass is 224 g/mol. The smallest absolute Gasteiger partial charge is 0.338 e. The number of esters is 1. The summed E-state index contributed by atoms with van der Waals surface area (Å²) in [6.07, 6.45) is 2.06. The molecule has 0 radical (unpaired) electrons. The van der Waals surface area contributed by atoms with Gasteiger partial charge in [0.05, 0.1) is 12.2 Å². The Hall–Kier alpha value is -0.960. The maximum absolute atomic E-state index is 11.3. The highest BCUT2D eigenvalue weighted by Gasteiger charge is 2.04. The van der Waals surface area contributed by atoms with Crippen LogP contribution in [-0.4, -0.2) is 18.3 Å². The Morgan fingerprint density at radius 2 is 2.00 bits per heavy atom. The number of ether oxygens (including phenoxy) is 1. The van der Waals surface area contributed by atoms with Gasteiger partial charge in [-0.25, -0.2) is 4.79 Å². The normalized spacial score (nSPS) is 10.0. The molecule has 0 unspecified atom stereocenters. The molecule has 0 aliphatic rings. The summed E-state index contributed by atoms with van der Waals surface area (Å²) in [6.45, 7) is 2.22. The summed E-state index contributed by atoms with van der Waals surface area (Å²) in [5, 5.41) is 0. The van der Waals surface area contributed by atoms with Crippen molar-refractivity contribution in [3.63, 3.8) is 0 Å². The van der Waals surface area contributed by atoms with Crippen LogP contribution in [0.1, 0.15) is 29.3 Å². The number of carbonyl (C=O) groups excluding carboxylic acids is 1. The van der Waals surface area contributed by atoms with Crippen molar-refractivity contribution in [3.8, 4) is 0 Å². The number of hydrogen-bond acceptors (Lipinski definition) is 3. The molecule has 0 atom stereocenters. The first-order valence-corrected chi connectivity index (χ1v) is 5.78. The van der Waals surface area contributed by atoms with Gasteiger partial charge in [-0.1, -0.05) is 12.1 Å². The van der Waals surface area contributed by atoms with Crippen molar-refractivity contribution in [2.75, 3.05) is 12.4 Å². The summed E-state index contributed by atoms with van der Waals surface area (Å²) >= 11 is 4.16. The Bertz CT molecular complexity index is 306. The lowest BCUT2D eigenvalue weighted by atomic mass is 10.1. The molecule has 1 aromatic rings. The van der Waals surface area contributed by atoms with Gasteiger partial charge in [0, 0.05) is 0 Å². The average molecular weight is 224 g/mol. The second kappa shape index (κ2) is 6.51. The third-order valence-electron chi connectivity index (χ3n) is 2.09. The summed E-state index contributed by atoms with van der Waals surface area (Å²) in [4.78, 5) is 11.3. The molecular formula is C12H16O2S. The summed E-state index contributed by atoms with van der Waals surface area (Å²) in [7, 11) is 0. The topological polar surface area (TPSA) is 26.3 Å². The minimum absolute atomic E-state index is 0.252. The molecule has 0 aliphatic heterocycles. The summed E-state index contributed by atoms with van der Waals surface area (Å²) in [6, 6.07) is 7.56. The third-order valence-corrected chi connectivity index (χ3v) is 2.40. The van der Waals surface area contributed by atoms with E-state index in [0.717, 1.165) is 18.6 Å². The Labute approximate surface area is 96.1 Å². The van der Waals surface area contributed by atoms with E-state index < -0.39 is 0 Å². The Morgan fingerprint density at radius 1 is 1.33 bits per heavy atom. The van der Waals surface area contributed by atoms with Crippen LogP contribution >= 0.6 is 12.6 Å². The highest BCUT2D eigenvalue weighted by molar-refractivity contribution is 7.80.